The average Bonchev–Trinajstić information content (AvgIpc) is 3.36. The summed E-state index contributed by atoms with van der Waals surface area (Å²) >= 11 is 1.40. The number of aryl methyl sites for hydroxylation is 1. The Labute approximate surface area is 173 Å². The number of esters is 1. The number of ketones is 1. The lowest BCUT2D eigenvalue weighted by Crippen LogP contribution is -2.34. The quantitative estimate of drug-likeness (QED) is 0.460. The van der Waals surface area contributed by atoms with Gasteiger partial charge in [-0.2, -0.15) is 0 Å². The Morgan fingerprint density at radius 2 is 1.90 bits per heavy atom. The van der Waals surface area contributed by atoms with E-state index < -0.39 is 5.97 Å². The van der Waals surface area contributed by atoms with Crippen LogP contribution in [0.3, 0.4) is 0 Å². The van der Waals surface area contributed by atoms with Gasteiger partial charge >= 0.3 is 5.97 Å². The Morgan fingerprint density at radius 1 is 1.10 bits per heavy atom. The number of carbonyl (C=O) groups excluding carboxylic acids is 3. The molecule has 1 aromatic heterocycles. The Hall–Kier alpha value is -2.87. The number of likely N-dealkylation sites (N-methyl/N-ethyl adjacent to an activating group) is 1. The van der Waals surface area contributed by atoms with E-state index in [2.05, 4.69) is 0 Å². The number of nitrogens with zero attached hydrogens (tertiary/aromatic N) is 1. The van der Waals surface area contributed by atoms with Gasteiger partial charge in [0.05, 0.1) is 11.3 Å². The fraction of sp³-hybridized carbons (Fsp3) is 0.381. The molecule has 0 aliphatic carbocycles. The SMILES string of the molecule is CCN(Cc1ccc2c(c1)OCO2)C(=O)COC(=O)CCC(=O)c1ccc(C)s1. The van der Waals surface area contributed by atoms with E-state index in [0.717, 1.165) is 10.4 Å². The summed E-state index contributed by atoms with van der Waals surface area (Å²) in [6.45, 7) is 4.48. The van der Waals surface area contributed by atoms with Crippen molar-refractivity contribution in [2.24, 2.45) is 0 Å². The van der Waals surface area contributed by atoms with Crippen LogP contribution in [0, 0.1) is 6.92 Å². The minimum atomic E-state index is -0.556. The molecule has 0 fully saturated rings. The first-order valence-corrected chi connectivity index (χ1v) is 10.2. The van der Waals surface area contributed by atoms with Crippen LogP contribution < -0.4 is 9.47 Å². The van der Waals surface area contributed by atoms with Crippen molar-refractivity contribution >= 4 is 29.0 Å². The molecule has 0 saturated heterocycles. The number of hydrogen-bond donors (Lipinski definition) is 0. The molecule has 0 spiro atoms. The molecular weight excluding hydrogens is 394 g/mol. The maximum Gasteiger partial charge on any atom is 0.306 e. The Balaban J connectivity index is 1.44. The maximum atomic E-state index is 12.4. The van der Waals surface area contributed by atoms with Gasteiger partial charge in [-0.25, -0.2) is 0 Å². The summed E-state index contributed by atoms with van der Waals surface area (Å²) in [5.74, 6) is 0.398. The molecule has 0 saturated carbocycles. The van der Waals surface area contributed by atoms with Crippen molar-refractivity contribution in [3.05, 3.63) is 45.6 Å². The zero-order valence-electron chi connectivity index (χ0n) is 16.4. The predicted molar refractivity (Wildman–Crippen MR) is 107 cm³/mol. The number of Topliss-reactive ketones (excluding diaryl/α,β-unsaturated/α-hetero) is 1. The number of carbonyl (C=O) groups is 3. The molecular formula is C21H23NO6S. The summed E-state index contributed by atoms with van der Waals surface area (Å²) in [5.41, 5.74) is 0.896. The van der Waals surface area contributed by atoms with E-state index in [-0.39, 0.29) is 37.9 Å². The smallest absolute Gasteiger partial charge is 0.306 e. The van der Waals surface area contributed by atoms with Crippen LogP contribution in [0.25, 0.3) is 0 Å². The molecule has 1 aromatic carbocycles. The van der Waals surface area contributed by atoms with E-state index >= 15 is 0 Å². The minimum absolute atomic E-state index is 0.0443. The summed E-state index contributed by atoms with van der Waals surface area (Å²) in [6.07, 6.45) is 0.0268. The molecule has 154 valence electrons. The third-order valence-electron chi connectivity index (χ3n) is 4.47. The molecule has 0 N–H and O–H groups in total. The second kappa shape index (κ2) is 9.56. The molecule has 8 heteroatoms. The van der Waals surface area contributed by atoms with Crippen molar-refractivity contribution in [3.8, 4) is 11.5 Å². The number of ether oxygens (including phenoxy) is 3. The lowest BCUT2D eigenvalue weighted by Gasteiger charge is -2.21. The van der Waals surface area contributed by atoms with Crippen molar-refractivity contribution < 1.29 is 28.6 Å². The van der Waals surface area contributed by atoms with E-state index in [9.17, 15) is 14.4 Å². The fourth-order valence-corrected chi connectivity index (χ4v) is 3.70. The van der Waals surface area contributed by atoms with Crippen LogP contribution in [0.1, 0.15) is 39.9 Å². The molecule has 2 aromatic rings. The number of fused-ring (bicyclic) bond motifs is 1. The normalized spacial score (nSPS) is 11.9. The first kappa shape index (κ1) is 20.9. The third kappa shape index (κ3) is 5.57. The first-order chi connectivity index (χ1) is 14.0. The van der Waals surface area contributed by atoms with Crippen LogP contribution in [0.2, 0.25) is 0 Å². The molecule has 1 aliphatic heterocycles. The highest BCUT2D eigenvalue weighted by molar-refractivity contribution is 7.14. The minimum Gasteiger partial charge on any atom is -0.456 e. The molecule has 0 unspecified atom stereocenters. The van der Waals surface area contributed by atoms with Crippen LogP contribution >= 0.6 is 11.3 Å². The summed E-state index contributed by atoms with van der Waals surface area (Å²) in [7, 11) is 0. The topological polar surface area (TPSA) is 82.1 Å². The second-order valence-electron chi connectivity index (χ2n) is 6.59. The molecule has 0 bridgehead atoms. The molecule has 3 rings (SSSR count). The summed E-state index contributed by atoms with van der Waals surface area (Å²) in [6, 6.07) is 9.14. The van der Waals surface area contributed by atoms with E-state index in [1.54, 1.807) is 11.0 Å². The van der Waals surface area contributed by atoms with Crippen LogP contribution in [0.15, 0.2) is 30.3 Å². The highest BCUT2D eigenvalue weighted by atomic mass is 32.1. The highest BCUT2D eigenvalue weighted by Gasteiger charge is 2.18. The molecule has 0 radical (unpaired) electrons. The number of rotatable bonds is 9. The van der Waals surface area contributed by atoms with Crippen LogP contribution in [0.5, 0.6) is 11.5 Å². The van der Waals surface area contributed by atoms with Gasteiger partial charge in [0.25, 0.3) is 5.91 Å². The zero-order valence-corrected chi connectivity index (χ0v) is 17.3. The van der Waals surface area contributed by atoms with Gasteiger partial charge < -0.3 is 19.1 Å². The zero-order chi connectivity index (χ0) is 20.8. The van der Waals surface area contributed by atoms with Crippen LogP contribution in [-0.4, -0.2) is 42.5 Å². The van der Waals surface area contributed by atoms with Gasteiger partial charge in [-0.05, 0) is 43.7 Å². The summed E-state index contributed by atoms with van der Waals surface area (Å²) < 4.78 is 15.7. The van der Waals surface area contributed by atoms with Gasteiger partial charge in [0.2, 0.25) is 6.79 Å². The van der Waals surface area contributed by atoms with Crippen molar-refractivity contribution in [3.63, 3.8) is 0 Å². The van der Waals surface area contributed by atoms with E-state index in [4.69, 9.17) is 14.2 Å². The van der Waals surface area contributed by atoms with Crippen LogP contribution in [0.4, 0.5) is 0 Å². The Bertz CT molecular complexity index is 906. The number of amides is 1. The fourth-order valence-electron chi connectivity index (χ4n) is 2.86. The summed E-state index contributed by atoms with van der Waals surface area (Å²) in [5, 5.41) is 0. The van der Waals surface area contributed by atoms with E-state index in [1.807, 2.05) is 38.1 Å². The average molecular weight is 417 g/mol. The molecule has 1 aliphatic rings. The lowest BCUT2D eigenvalue weighted by atomic mass is 10.2. The standard InChI is InChI=1S/C21H23NO6S/c1-3-22(11-15-5-7-17-18(10-15)28-13-27-17)20(24)12-26-21(25)9-6-16(23)19-8-4-14(2)29-19/h4-5,7-8,10H,3,6,9,11-13H2,1-2H3. The van der Waals surface area contributed by atoms with Crippen molar-refractivity contribution in [1.29, 1.82) is 0 Å². The highest BCUT2D eigenvalue weighted by Crippen LogP contribution is 2.32. The first-order valence-electron chi connectivity index (χ1n) is 9.38. The third-order valence-corrected chi connectivity index (χ3v) is 5.51. The molecule has 7 nitrogen and oxygen atoms in total. The number of thiophene rings is 1. The van der Waals surface area contributed by atoms with Crippen molar-refractivity contribution in [1.82, 2.24) is 4.90 Å². The largest absolute Gasteiger partial charge is 0.456 e. The Morgan fingerprint density at radius 3 is 2.62 bits per heavy atom. The van der Waals surface area contributed by atoms with Gasteiger partial charge in [-0.3, -0.25) is 14.4 Å². The molecule has 1 amide bonds. The number of hydrogen-bond acceptors (Lipinski definition) is 7. The molecule has 2 heterocycles. The molecule has 29 heavy (non-hydrogen) atoms. The van der Waals surface area contributed by atoms with Gasteiger partial charge in [0.1, 0.15) is 0 Å². The van der Waals surface area contributed by atoms with Gasteiger partial charge in [-0.1, -0.05) is 6.07 Å². The van der Waals surface area contributed by atoms with Crippen molar-refractivity contribution in [2.75, 3.05) is 19.9 Å². The van der Waals surface area contributed by atoms with Crippen LogP contribution in [-0.2, 0) is 20.9 Å². The predicted octanol–water partition coefficient (Wildman–Crippen LogP) is 3.34. The van der Waals surface area contributed by atoms with Crippen molar-refractivity contribution in [2.45, 2.75) is 33.2 Å². The van der Waals surface area contributed by atoms with Gasteiger partial charge in [-0.15, -0.1) is 11.3 Å². The lowest BCUT2D eigenvalue weighted by molar-refractivity contribution is -0.152. The van der Waals surface area contributed by atoms with Gasteiger partial charge in [0.15, 0.2) is 23.9 Å². The maximum absolute atomic E-state index is 12.4. The van der Waals surface area contributed by atoms with E-state index in [0.29, 0.717) is 29.5 Å². The Kier molecular flexibility index (Phi) is 6.87. The van der Waals surface area contributed by atoms with Gasteiger partial charge in [0, 0.05) is 24.4 Å². The number of benzene rings is 1. The second-order valence-corrected chi connectivity index (χ2v) is 7.88. The van der Waals surface area contributed by atoms with E-state index in [1.165, 1.54) is 11.3 Å². The summed E-state index contributed by atoms with van der Waals surface area (Å²) in [4.78, 5) is 39.6. The monoisotopic (exact) mass is 417 g/mol. The molecule has 0 atom stereocenters.